The van der Waals surface area contributed by atoms with Crippen LogP contribution in [-0.4, -0.2) is 14.5 Å². The van der Waals surface area contributed by atoms with E-state index in [9.17, 15) is 0 Å². The van der Waals surface area contributed by atoms with Crippen molar-refractivity contribution in [1.82, 2.24) is 14.5 Å². The van der Waals surface area contributed by atoms with Gasteiger partial charge in [0.05, 0.1) is 22.6 Å². The summed E-state index contributed by atoms with van der Waals surface area (Å²) in [5, 5.41) is 12.1. The van der Waals surface area contributed by atoms with E-state index in [1.807, 2.05) is 22.1 Å². The minimum absolute atomic E-state index is 0.0511. The zero-order valence-electron chi connectivity index (χ0n) is 10.1. The fourth-order valence-corrected chi connectivity index (χ4v) is 3.22. The van der Waals surface area contributed by atoms with Crippen molar-refractivity contribution in [2.75, 3.05) is 0 Å². The Morgan fingerprint density at radius 3 is 3.05 bits per heavy atom. The van der Waals surface area contributed by atoms with E-state index in [2.05, 4.69) is 23.0 Å². The molecule has 4 nitrogen and oxygen atoms in total. The number of aromatic amines is 1. The smallest absolute Gasteiger partial charge is 0.178 e. The molecule has 3 rings (SSSR count). The molecule has 1 atom stereocenters. The van der Waals surface area contributed by atoms with Gasteiger partial charge in [0.2, 0.25) is 0 Å². The number of thiazole rings is 1. The molecule has 1 aromatic carbocycles. The quantitative estimate of drug-likeness (QED) is 0.732. The molecule has 1 unspecified atom stereocenters. The van der Waals surface area contributed by atoms with Crippen molar-refractivity contribution in [3.05, 3.63) is 45.1 Å². The number of H-pyrrole nitrogens is 1. The van der Waals surface area contributed by atoms with Crippen LogP contribution in [0.15, 0.2) is 29.8 Å². The van der Waals surface area contributed by atoms with Crippen molar-refractivity contribution in [2.24, 2.45) is 0 Å². The van der Waals surface area contributed by atoms with Crippen molar-refractivity contribution in [2.45, 2.75) is 13.0 Å². The van der Waals surface area contributed by atoms with Crippen molar-refractivity contribution in [3.63, 3.8) is 0 Å². The Balaban J connectivity index is 2.28. The SMILES string of the molecule is CC(c1nccs1)n1c(=S)[nH]c2c(C#N)cccc21. The number of nitrogens with zero attached hydrogens (tertiary/aromatic N) is 3. The lowest BCUT2D eigenvalue weighted by Gasteiger charge is -2.11. The maximum Gasteiger partial charge on any atom is 0.178 e. The molecule has 6 heteroatoms. The predicted molar refractivity (Wildman–Crippen MR) is 77.8 cm³/mol. The van der Waals surface area contributed by atoms with Crippen LogP contribution in [0.3, 0.4) is 0 Å². The van der Waals surface area contributed by atoms with Crippen LogP contribution in [0.1, 0.15) is 23.5 Å². The van der Waals surface area contributed by atoms with Crippen LogP contribution in [0.2, 0.25) is 0 Å². The van der Waals surface area contributed by atoms with E-state index in [0.717, 1.165) is 16.0 Å². The second-order valence-corrected chi connectivity index (χ2v) is 5.47. The Hall–Kier alpha value is -1.97. The average molecular weight is 286 g/mol. The molecule has 2 heterocycles. The molecule has 2 aromatic heterocycles. The molecule has 1 N–H and O–H groups in total. The molecule has 94 valence electrons. The number of imidazole rings is 1. The lowest BCUT2D eigenvalue weighted by Crippen LogP contribution is -2.06. The molecule has 0 aliphatic rings. The highest BCUT2D eigenvalue weighted by Crippen LogP contribution is 2.26. The molecule has 0 saturated carbocycles. The molecule has 0 saturated heterocycles. The summed E-state index contributed by atoms with van der Waals surface area (Å²) in [5.41, 5.74) is 2.33. The number of nitriles is 1. The van der Waals surface area contributed by atoms with Crippen molar-refractivity contribution in [1.29, 1.82) is 5.26 Å². The van der Waals surface area contributed by atoms with E-state index < -0.39 is 0 Å². The third-order valence-electron chi connectivity index (χ3n) is 3.07. The van der Waals surface area contributed by atoms with Gasteiger partial charge in [0.15, 0.2) is 4.77 Å². The highest BCUT2D eigenvalue weighted by Gasteiger charge is 2.16. The van der Waals surface area contributed by atoms with Crippen LogP contribution < -0.4 is 0 Å². The molecule has 3 aromatic rings. The lowest BCUT2D eigenvalue weighted by molar-refractivity contribution is 0.645. The second-order valence-electron chi connectivity index (χ2n) is 4.16. The summed E-state index contributed by atoms with van der Waals surface area (Å²) < 4.78 is 2.62. The normalized spacial score (nSPS) is 12.4. The summed E-state index contributed by atoms with van der Waals surface area (Å²) in [7, 11) is 0. The summed E-state index contributed by atoms with van der Waals surface area (Å²) in [5.74, 6) is 0. The largest absolute Gasteiger partial charge is 0.329 e. The molecular weight excluding hydrogens is 276 g/mol. The first-order valence-electron chi connectivity index (χ1n) is 5.75. The molecule has 0 bridgehead atoms. The van der Waals surface area contributed by atoms with Crippen LogP contribution in [0, 0.1) is 16.1 Å². The number of hydrogen-bond acceptors (Lipinski definition) is 4. The molecule has 0 fully saturated rings. The van der Waals surface area contributed by atoms with E-state index in [1.165, 1.54) is 0 Å². The van der Waals surface area contributed by atoms with Gasteiger partial charge in [-0.3, -0.25) is 0 Å². The third-order valence-corrected chi connectivity index (χ3v) is 4.31. The summed E-state index contributed by atoms with van der Waals surface area (Å²) >= 11 is 6.98. The summed E-state index contributed by atoms with van der Waals surface area (Å²) in [6, 6.07) is 7.85. The Morgan fingerprint density at radius 2 is 2.37 bits per heavy atom. The predicted octanol–water partition coefficient (Wildman–Crippen LogP) is 3.64. The summed E-state index contributed by atoms with van der Waals surface area (Å²) in [6.45, 7) is 2.06. The van der Waals surface area contributed by atoms with Crippen LogP contribution in [0.5, 0.6) is 0 Å². The minimum Gasteiger partial charge on any atom is -0.329 e. The molecule has 0 amide bonds. The highest BCUT2D eigenvalue weighted by atomic mass is 32.1. The van der Waals surface area contributed by atoms with Gasteiger partial charge in [0.25, 0.3) is 0 Å². The average Bonchev–Trinajstić information content (AvgIpc) is 3.04. The number of benzene rings is 1. The van der Waals surface area contributed by atoms with Gasteiger partial charge in [-0.05, 0) is 31.3 Å². The fraction of sp³-hybridized carbons (Fsp3) is 0.154. The number of aromatic nitrogens is 3. The summed E-state index contributed by atoms with van der Waals surface area (Å²) in [4.78, 5) is 7.46. The molecule has 0 aliphatic heterocycles. The summed E-state index contributed by atoms with van der Waals surface area (Å²) in [6.07, 6.45) is 1.79. The zero-order valence-corrected chi connectivity index (χ0v) is 11.8. The zero-order chi connectivity index (χ0) is 13.4. The molecule has 19 heavy (non-hydrogen) atoms. The van der Waals surface area contributed by atoms with E-state index in [1.54, 1.807) is 23.6 Å². The van der Waals surface area contributed by atoms with Crippen LogP contribution in [0.25, 0.3) is 11.0 Å². The molecule has 0 aliphatic carbocycles. The van der Waals surface area contributed by atoms with E-state index >= 15 is 0 Å². The Kier molecular flexibility index (Phi) is 2.93. The standard InChI is InChI=1S/C13H10N4S2/c1-8(12-15-5-6-19-12)17-10-4-2-3-9(7-14)11(10)16-13(17)18/h2-6,8H,1H3,(H,16,18). The second kappa shape index (κ2) is 4.61. The van der Waals surface area contributed by atoms with Crippen LogP contribution in [0.4, 0.5) is 0 Å². The first kappa shape index (κ1) is 12.1. The first-order valence-corrected chi connectivity index (χ1v) is 7.04. The lowest BCUT2D eigenvalue weighted by atomic mass is 10.2. The van der Waals surface area contributed by atoms with Gasteiger partial charge in [0, 0.05) is 11.6 Å². The molecule has 0 spiro atoms. The number of rotatable bonds is 2. The van der Waals surface area contributed by atoms with Gasteiger partial charge in [-0.25, -0.2) is 4.98 Å². The monoisotopic (exact) mass is 286 g/mol. The van der Waals surface area contributed by atoms with Crippen LogP contribution in [-0.2, 0) is 0 Å². The maximum absolute atomic E-state index is 9.13. The van der Waals surface area contributed by atoms with Gasteiger partial charge in [-0.1, -0.05) is 6.07 Å². The topological polar surface area (TPSA) is 57.4 Å². The maximum atomic E-state index is 9.13. The highest BCUT2D eigenvalue weighted by molar-refractivity contribution is 7.71. The minimum atomic E-state index is 0.0511. The Morgan fingerprint density at radius 1 is 1.53 bits per heavy atom. The van der Waals surface area contributed by atoms with Crippen molar-refractivity contribution < 1.29 is 0 Å². The third kappa shape index (κ3) is 1.87. The Bertz CT molecular complexity index is 821. The van der Waals surface area contributed by atoms with E-state index in [4.69, 9.17) is 17.5 Å². The Labute approximate surface area is 119 Å². The van der Waals surface area contributed by atoms with E-state index in [0.29, 0.717) is 10.3 Å². The first-order chi connectivity index (χ1) is 9.22. The van der Waals surface area contributed by atoms with Gasteiger partial charge >= 0.3 is 0 Å². The van der Waals surface area contributed by atoms with Crippen molar-refractivity contribution >= 4 is 34.6 Å². The number of nitrogens with one attached hydrogen (secondary N) is 1. The van der Waals surface area contributed by atoms with Gasteiger partial charge in [-0.15, -0.1) is 11.3 Å². The number of para-hydroxylation sites is 1. The van der Waals surface area contributed by atoms with Crippen LogP contribution >= 0.6 is 23.6 Å². The van der Waals surface area contributed by atoms with Gasteiger partial charge < -0.3 is 9.55 Å². The molecular formula is C13H10N4S2. The van der Waals surface area contributed by atoms with Gasteiger partial charge in [0.1, 0.15) is 11.1 Å². The number of hydrogen-bond donors (Lipinski definition) is 1. The van der Waals surface area contributed by atoms with Gasteiger partial charge in [-0.2, -0.15) is 5.26 Å². The number of fused-ring (bicyclic) bond motifs is 1. The van der Waals surface area contributed by atoms with E-state index in [-0.39, 0.29) is 6.04 Å². The molecule has 0 radical (unpaired) electrons. The van der Waals surface area contributed by atoms with Crippen molar-refractivity contribution in [3.8, 4) is 6.07 Å². The fourth-order valence-electron chi connectivity index (χ4n) is 2.18.